The first kappa shape index (κ1) is 12.6. The van der Waals surface area contributed by atoms with Crippen molar-refractivity contribution in [3.8, 4) is 0 Å². The standard InChI is InChI=1S/C10H20O3/c1-3-9(12)6-4-5-7-10(13)8(2)11/h4,6,8-13H,3,5,7H2,1-2H3/t8?,9-,10?/m0/s1. The van der Waals surface area contributed by atoms with Gasteiger partial charge in [0.05, 0.1) is 18.3 Å². The Morgan fingerprint density at radius 3 is 2.31 bits per heavy atom. The number of aliphatic hydroxyl groups excluding tert-OH is 3. The fraction of sp³-hybridized carbons (Fsp3) is 0.800. The van der Waals surface area contributed by atoms with E-state index in [1.807, 2.05) is 13.0 Å². The maximum atomic E-state index is 9.20. The molecule has 0 bridgehead atoms. The van der Waals surface area contributed by atoms with E-state index in [1.54, 1.807) is 13.0 Å². The molecule has 13 heavy (non-hydrogen) atoms. The highest BCUT2D eigenvalue weighted by Crippen LogP contribution is 2.03. The van der Waals surface area contributed by atoms with Gasteiger partial charge in [0, 0.05) is 0 Å². The van der Waals surface area contributed by atoms with E-state index >= 15 is 0 Å². The lowest BCUT2D eigenvalue weighted by Crippen LogP contribution is -2.21. The summed E-state index contributed by atoms with van der Waals surface area (Å²) in [5.41, 5.74) is 0. The van der Waals surface area contributed by atoms with Gasteiger partial charge in [0.25, 0.3) is 0 Å². The molecule has 0 amide bonds. The van der Waals surface area contributed by atoms with Crippen molar-refractivity contribution in [2.75, 3.05) is 0 Å². The largest absolute Gasteiger partial charge is 0.391 e. The quantitative estimate of drug-likeness (QED) is 0.541. The summed E-state index contributed by atoms with van der Waals surface area (Å²) in [4.78, 5) is 0. The second-order valence-electron chi connectivity index (χ2n) is 3.29. The number of allylic oxidation sites excluding steroid dienone is 1. The summed E-state index contributed by atoms with van der Waals surface area (Å²) >= 11 is 0. The predicted octanol–water partition coefficient (Wildman–Crippen LogP) is 0.835. The molecule has 0 aliphatic carbocycles. The first-order chi connectivity index (χ1) is 6.07. The molecule has 0 aromatic rings. The molecule has 2 unspecified atom stereocenters. The van der Waals surface area contributed by atoms with Crippen LogP contribution in [-0.4, -0.2) is 33.6 Å². The molecule has 3 atom stereocenters. The van der Waals surface area contributed by atoms with Crippen LogP contribution < -0.4 is 0 Å². The van der Waals surface area contributed by atoms with Crippen molar-refractivity contribution in [1.29, 1.82) is 0 Å². The van der Waals surface area contributed by atoms with Crippen molar-refractivity contribution in [3.05, 3.63) is 12.2 Å². The zero-order valence-electron chi connectivity index (χ0n) is 8.35. The van der Waals surface area contributed by atoms with Gasteiger partial charge in [0.1, 0.15) is 0 Å². The molecule has 0 saturated heterocycles. The van der Waals surface area contributed by atoms with Crippen molar-refractivity contribution in [2.45, 2.75) is 51.4 Å². The van der Waals surface area contributed by atoms with Gasteiger partial charge in [0.15, 0.2) is 0 Å². The van der Waals surface area contributed by atoms with Crippen LogP contribution in [-0.2, 0) is 0 Å². The molecule has 3 N–H and O–H groups in total. The predicted molar refractivity (Wildman–Crippen MR) is 52.4 cm³/mol. The summed E-state index contributed by atoms with van der Waals surface area (Å²) < 4.78 is 0. The average Bonchev–Trinajstić information content (AvgIpc) is 2.11. The van der Waals surface area contributed by atoms with Gasteiger partial charge in [-0.05, 0) is 26.2 Å². The third-order valence-electron chi connectivity index (χ3n) is 1.96. The maximum absolute atomic E-state index is 9.20. The Hall–Kier alpha value is -0.380. The molecule has 0 heterocycles. The second-order valence-corrected chi connectivity index (χ2v) is 3.29. The third kappa shape index (κ3) is 6.75. The summed E-state index contributed by atoms with van der Waals surface area (Å²) in [6.07, 6.45) is 3.74. The molecule has 0 fully saturated rings. The smallest absolute Gasteiger partial charge is 0.0799 e. The van der Waals surface area contributed by atoms with Gasteiger partial charge in [-0.2, -0.15) is 0 Å². The van der Waals surface area contributed by atoms with Crippen LogP contribution in [0.4, 0.5) is 0 Å². The minimum atomic E-state index is -0.676. The van der Waals surface area contributed by atoms with Gasteiger partial charge >= 0.3 is 0 Å². The first-order valence-corrected chi connectivity index (χ1v) is 4.78. The van der Waals surface area contributed by atoms with Gasteiger partial charge in [-0.15, -0.1) is 0 Å². The fourth-order valence-corrected chi connectivity index (χ4v) is 0.898. The molecule has 0 aromatic heterocycles. The average molecular weight is 188 g/mol. The van der Waals surface area contributed by atoms with Crippen molar-refractivity contribution in [3.63, 3.8) is 0 Å². The second kappa shape index (κ2) is 7.06. The Kier molecular flexibility index (Phi) is 6.86. The Bertz CT molecular complexity index is 143. The number of hydrogen-bond donors (Lipinski definition) is 3. The topological polar surface area (TPSA) is 60.7 Å². The van der Waals surface area contributed by atoms with Crippen molar-refractivity contribution in [1.82, 2.24) is 0 Å². The normalized spacial score (nSPS) is 18.8. The zero-order chi connectivity index (χ0) is 10.3. The molecule has 0 rings (SSSR count). The van der Waals surface area contributed by atoms with E-state index in [9.17, 15) is 5.11 Å². The van der Waals surface area contributed by atoms with E-state index in [0.29, 0.717) is 19.3 Å². The maximum Gasteiger partial charge on any atom is 0.0799 e. The molecule has 3 nitrogen and oxygen atoms in total. The van der Waals surface area contributed by atoms with Crippen LogP contribution in [0.2, 0.25) is 0 Å². The Balaban J connectivity index is 3.49. The van der Waals surface area contributed by atoms with Gasteiger partial charge in [-0.25, -0.2) is 0 Å². The number of rotatable bonds is 6. The number of hydrogen-bond acceptors (Lipinski definition) is 3. The van der Waals surface area contributed by atoms with Crippen molar-refractivity contribution < 1.29 is 15.3 Å². The fourth-order valence-electron chi connectivity index (χ4n) is 0.898. The minimum absolute atomic E-state index is 0.385. The van der Waals surface area contributed by atoms with Crippen LogP contribution in [0.1, 0.15) is 33.1 Å². The van der Waals surface area contributed by atoms with Crippen LogP contribution >= 0.6 is 0 Å². The SMILES string of the molecule is CC[C@H](O)C=CCCC(O)C(C)O. The molecule has 78 valence electrons. The summed E-state index contributed by atoms with van der Waals surface area (Å²) in [5, 5.41) is 27.3. The summed E-state index contributed by atoms with van der Waals surface area (Å²) in [6, 6.07) is 0. The Morgan fingerprint density at radius 1 is 1.23 bits per heavy atom. The summed E-state index contributed by atoms with van der Waals surface area (Å²) in [5.74, 6) is 0. The summed E-state index contributed by atoms with van der Waals surface area (Å²) in [6.45, 7) is 3.47. The van der Waals surface area contributed by atoms with E-state index in [0.717, 1.165) is 0 Å². The highest BCUT2D eigenvalue weighted by atomic mass is 16.3. The summed E-state index contributed by atoms with van der Waals surface area (Å²) in [7, 11) is 0. The molecule has 0 radical (unpaired) electrons. The van der Waals surface area contributed by atoms with Crippen LogP contribution in [0.5, 0.6) is 0 Å². The highest BCUT2D eigenvalue weighted by Gasteiger charge is 2.08. The van der Waals surface area contributed by atoms with Crippen LogP contribution in [0.15, 0.2) is 12.2 Å². The lowest BCUT2D eigenvalue weighted by molar-refractivity contribution is 0.0269. The van der Waals surface area contributed by atoms with E-state index < -0.39 is 12.2 Å². The molecule has 0 spiro atoms. The molecular formula is C10H20O3. The minimum Gasteiger partial charge on any atom is -0.391 e. The molecule has 0 saturated carbocycles. The van der Waals surface area contributed by atoms with E-state index in [1.165, 1.54) is 0 Å². The van der Waals surface area contributed by atoms with E-state index in [2.05, 4.69) is 0 Å². The van der Waals surface area contributed by atoms with Crippen molar-refractivity contribution >= 4 is 0 Å². The third-order valence-corrected chi connectivity index (χ3v) is 1.96. The van der Waals surface area contributed by atoms with Gasteiger partial charge in [-0.3, -0.25) is 0 Å². The molecule has 0 aliphatic rings. The van der Waals surface area contributed by atoms with Crippen molar-refractivity contribution in [2.24, 2.45) is 0 Å². The van der Waals surface area contributed by atoms with Crippen LogP contribution in [0, 0.1) is 0 Å². The van der Waals surface area contributed by atoms with Crippen LogP contribution in [0.25, 0.3) is 0 Å². The van der Waals surface area contributed by atoms with E-state index in [4.69, 9.17) is 10.2 Å². The lowest BCUT2D eigenvalue weighted by Gasteiger charge is -2.11. The lowest BCUT2D eigenvalue weighted by atomic mass is 10.1. The molecule has 0 aromatic carbocycles. The van der Waals surface area contributed by atoms with Gasteiger partial charge in [0.2, 0.25) is 0 Å². The highest BCUT2D eigenvalue weighted by molar-refractivity contribution is 4.88. The van der Waals surface area contributed by atoms with Gasteiger partial charge < -0.3 is 15.3 Å². The molecule has 0 aliphatic heterocycles. The van der Waals surface area contributed by atoms with E-state index in [-0.39, 0.29) is 6.10 Å². The molecular weight excluding hydrogens is 168 g/mol. The van der Waals surface area contributed by atoms with Crippen LogP contribution in [0.3, 0.4) is 0 Å². The molecule has 3 heteroatoms. The first-order valence-electron chi connectivity index (χ1n) is 4.78. The zero-order valence-corrected chi connectivity index (χ0v) is 8.35. The monoisotopic (exact) mass is 188 g/mol. The van der Waals surface area contributed by atoms with Gasteiger partial charge in [-0.1, -0.05) is 19.1 Å². The Morgan fingerprint density at radius 2 is 1.85 bits per heavy atom. The number of aliphatic hydroxyl groups is 3. The Labute approximate surface area is 79.7 Å².